The highest BCUT2D eigenvalue weighted by Gasteiger charge is 2.38. The standard InChI is InChI=1S/C49H34/c1-49(2)44-24-12-22-36(47(44)43-30-29-32-14-4-6-17-37(32)48(43)49)33-25-27-34(28-26-33)45-39-18-7-9-20-41(39)46(42-21-10-8-19-40(42)45)38-23-11-15-31-13-3-5-16-35(31)38/h3-30H,1-2H3. The van der Waals surface area contributed by atoms with Gasteiger partial charge in [0.05, 0.1) is 0 Å². The van der Waals surface area contributed by atoms with E-state index < -0.39 is 0 Å². The molecule has 9 aromatic rings. The van der Waals surface area contributed by atoms with Crippen LogP contribution in [0, 0.1) is 0 Å². The molecule has 230 valence electrons. The van der Waals surface area contributed by atoms with E-state index in [4.69, 9.17) is 0 Å². The third kappa shape index (κ3) is 4.04. The summed E-state index contributed by atoms with van der Waals surface area (Å²) in [6, 6.07) is 63.0. The van der Waals surface area contributed by atoms with Crippen LogP contribution in [0.2, 0.25) is 0 Å². The van der Waals surface area contributed by atoms with Crippen molar-refractivity contribution in [2.45, 2.75) is 19.3 Å². The van der Waals surface area contributed by atoms with Crippen molar-refractivity contribution in [2.75, 3.05) is 0 Å². The molecule has 0 saturated carbocycles. The van der Waals surface area contributed by atoms with E-state index in [2.05, 4.69) is 184 Å². The van der Waals surface area contributed by atoms with E-state index >= 15 is 0 Å². The summed E-state index contributed by atoms with van der Waals surface area (Å²) in [5.41, 5.74) is 13.2. The summed E-state index contributed by atoms with van der Waals surface area (Å²) in [5.74, 6) is 0. The van der Waals surface area contributed by atoms with Crippen LogP contribution in [-0.4, -0.2) is 0 Å². The van der Waals surface area contributed by atoms with Crippen LogP contribution < -0.4 is 0 Å². The Morgan fingerprint density at radius 1 is 0.306 bits per heavy atom. The monoisotopic (exact) mass is 622 g/mol. The van der Waals surface area contributed by atoms with E-state index in [-0.39, 0.29) is 5.41 Å². The molecule has 10 rings (SSSR count). The van der Waals surface area contributed by atoms with Crippen molar-refractivity contribution >= 4 is 43.1 Å². The Labute approximate surface area is 286 Å². The topological polar surface area (TPSA) is 0 Å². The van der Waals surface area contributed by atoms with Gasteiger partial charge in [-0.3, -0.25) is 0 Å². The SMILES string of the molecule is CC1(C)c2cccc(-c3ccc(-c4c5ccccc5c(-c5cccc6ccccc56)c5ccccc45)cc3)c2-c2ccc3ccccc3c21. The summed E-state index contributed by atoms with van der Waals surface area (Å²) < 4.78 is 0. The Morgan fingerprint density at radius 3 is 1.47 bits per heavy atom. The number of hydrogen-bond donors (Lipinski definition) is 0. The molecule has 0 aliphatic heterocycles. The lowest BCUT2D eigenvalue weighted by Crippen LogP contribution is -2.15. The van der Waals surface area contributed by atoms with Crippen LogP contribution in [-0.2, 0) is 5.41 Å². The van der Waals surface area contributed by atoms with Gasteiger partial charge in [-0.1, -0.05) is 184 Å². The molecule has 0 radical (unpaired) electrons. The zero-order valence-corrected chi connectivity index (χ0v) is 27.7. The van der Waals surface area contributed by atoms with E-state index in [0.29, 0.717) is 0 Å². The minimum Gasteiger partial charge on any atom is -0.0616 e. The van der Waals surface area contributed by atoms with Crippen LogP contribution in [0.15, 0.2) is 170 Å². The molecule has 0 spiro atoms. The first-order valence-electron chi connectivity index (χ1n) is 17.3. The summed E-state index contributed by atoms with van der Waals surface area (Å²) in [7, 11) is 0. The summed E-state index contributed by atoms with van der Waals surface area (Å²) in [6.07, 6.45) is 0. The van der Waals surface area contributed by atoms with Crippen LogP contribution in [0.5, 0.6) is 0 Å². The summed E-state index contributed by atoms with van der Waals surface area (Å²) >= 11 is 0. The Balaban J connectivity index is 1.17. The van der Waals surface area contributed by atoms with Gasteiger partial charge in [-0.15, -0.1) is 0 Å². The molecule has 49 heavy (non-hydrogen) atoms. The van der Waals surface area contributed by atoms with Gasteiger partial charge in [-0.25, -0.2) is 0 Å². The molecule has 0 atom stereocenters. The molecule has 9 aromatic carbocycles. The van der Waals surface area contributed by atoms with Crippen LogP contribution in [0.1, 0.15) is 25.0 Å². The number of fused-ring (bicyclic) bond motifs is 8. The fourth-order valence-electron chi connectivity index (χ4n) is 8.88. The first kappa shape index (κ1) is 28.1. The Morgan fingerprint density at radius 2 is 0.796 bits per heavy atom. The fraction of sp³-hybridized carbons (Fsp3) is 0.0612. The average Bonchev–Trinajstić information content (AvgIpc) is 3.40. The van der Waals surface area contributed by atoms with Gasteiger partial charge in [0.15, 0.2) is 0 Å². The van der Waals surface area contributed by atoms with Gasteiger partial charge in [-0.05, 0) is 98.7 Å². The average molecular weight is 623 g/mol. The van der Waals surface area contributed by atoms with Gasteiger partial charge >= 0.3 is 0 Å². The lowest BCUT2D eigenvalue weighted by Gasteiger charge is -2.23. The smallest absolute Gasteiger partial charge is 0.0165 e. The molecule has 0 fully saturated rings. The molecule has 0 unspecified atom stereocenters. The van der Waals surface area contributed by atoms with E-state index in [1.807, 2.05) is 0 Å². The summed E-state index contributed by atoms with van der Waals surface area (Å²) in [5, 5.41) is 10.3. The normalized spacial score (nSPS) is 13.3. The van der Waals surface area contributed by atoms with E-state index in [9.17, 15) is 0 Å². The molecule has 0 heterocycles. The highest BCUT2D eigenvalue weighted by atomic mass is 14.4. The highest BCUT2D eigenvalue weighted by Crippen LogP contribution is 2.54. The van der Waals surface area contributed by atoms with Crippen molar-refractivity contribution in [3.05, 3.63) is 181 Å². The van der Waals surface area contributed by atoms with Crippen molar-refractivity contribution < 1.29 is 0 Å². The largest absolute Gasteiger partial charge is 0.0616 e. The number of benzene rings is 9. The van der Waals surface area contributed by atoms with Gasteiger partial charge in [0.25, 0.3) is 0 Å². The predicted molar refractivity (Wildman–Crippen MR) is 210 cm³/mol. The molecule has 0 aromatic heterocycles. The van der Waals surface area contributed by atoms with Crippen LogP contribution in [0.4, 0.5) is 0 Å². The van der Waals surface area contributed by atoms with Gasteiger partial charge in [-0.2, -0.15) is 0 Å². The van der Waals surface area contributed by atoms with Crippen molar-refractivity contribution in [2.24, 2.45) is 0 Å². The van der Waals surface area contributed by atoms with Crippen molar-refractivity contribution in [1.29, 1.82) is 0 Å². The second kappa shape index (κ2) is 10.5. The molecule has 1 aliphatic rings. The number of hydrogen-bond acceptors (Lipinski definition) is 0. The summed E-state index contributed by atoms with van der Waals surface area (Å²) in [6.45, 7) is 4.77. The van der Waals surface area contributed by atoms with E-state index in [1.165, 1.54) is 98.7 Å². The molecule has 0 bridgehead atoms. The first-order chi connectivity index (χ1) is 24.1. The number of rotatable bonds is 3. The molecular weight excluding hydrogens is 589 g/mol. The van der Waals surface area contributed by atoms with Crippen molar-refractivity contribution in [1.82, 2.24) is 0 Å². The first-order valence-corrected chi connectivity index (χ1v) is 17.3. The zero-order chi connectivity index (χ0) is 32.7. The van der Waals surface area contributed by atoms with Gasteiger partial charge in [0, 0.05) is 5.41 Å². The minimum atomic E-state index is -0.0782. The molecule has 0 amide bonds. The lowest BCUT2D eigenvalue weighted by molar-refractivity contribution is 0.666. The van der Waals surface area contributed by atoms with Gasteiger partial charge in [0.1, 0.15) is 0 Å². The second-order valence-corrected chi connectivity index (χ2v) is 14.0. The maximum atomic E-state index is 2.38. The molecule has 0 nitrogen and oxygen atoms in total. The predicted octanol–water partition coefficient (Wildman–Crippen LogP) is 13.6. The maximum Gasteiger partial charge on any atom is 0.0165 e. The molecule has 0 heteroatoms. The highest BCUT2D eigenvalue weighted by molar-refractivity contribution is 6.23. The second-order valence-electron chi connectivity index (χ2n) is 14.0. The molecule has 1 aliphatic carbocycles. The van der Waals surface area contributed by atoms with Crippen LogP contribution in [0.25, 0.3) is 87.6 Å². The van der Waals surface area contributed by atoms with Crippen molar-refractivity contribution in [3.63, 3.8) is 0 Å². The molecule has 0 saturated heterocycles. The van der Waals surface area contributed by atoms with E-state index in [0.717, 1.165) is 0 Å². The zero-order valence-electron chi connectivity index (χ0n) is 27.7. The Hall–Kier alpha value is -5.98. The fourth-order valence-corrected chi connectivity index (χ4v) is 8.88. The van der Waals surface area contributed by atoms with Gasteiger partial charge < -0.3 is 0 Å². The lowest BCUT2D eigenvalue weighted by atomic mass is 9.80. The van der Waals surface area contributed by atoms with Crippen molar-refractivity contribution in [3.8, 4) is 44.5 Å². The van der Waals surface area contributed by atoms with Crippen LogP contribution in [0.3, 0.4) is 0 Å². The third-order valence-electron chi connectivity index (χ3n) is 11.0. The molecule has 0 N–H and O–H groups in total. The summed E-state index contributed by atoms with van der Waals surface area (Å²) in [4.78, 5) is 0. The minimum absolute atomic E-state index is 0.0782. The molecular formula is C49H34. The Bertz CT molecular complexity index is 2720. The maximum absolute atomic E-state index is 2.38. The van der Waals surface area contributed by atoms with Crippen LogP contribution >= 0.6 is 0 Å². The van der Waals surface area contributed by atoms with E-state index in [1.54, 1.807) is 0 Å². The quantitative estimate of drug-likeness (QED) is 0.172. The Kier molecular flexibility index (Phi) is 6.02. The third-order valence-corrected chi connectivity index (χ3v) is 11.0. The van der Waals surface area contributed by atoms with Gasteiger partial charge in [0.2, 0.25) is 0 Å².